The van der Waals surface area contributed by atoms with E-state index in [1.807, 2.05) is 25.1 Å². The molecule has 0 radical (unpaired) electrons. The number of amides is 2. The van der Waals surface area contributed by atoms with Crippen molar-refractivity contribution in [1.82, 2.24) is 15.5 Å². The summed E-state index contributed by atoms with van der Waals surface area (Å²) in [6.07, 6.45) is 3.11. The van der Waals surface area contributed by atoms with Crippen molar-refractivity contribution in [3.8, 4) is 0 Å². The molecule has 23 heavy (non-hydrogen) atoms. The molecular weight excluding hydrogens is 290 g/mol. The molecule has 0 saturated carbocycles. The number of hydrogen-bond donors (Lipinski definition) is 2. The first-order chi connectivity index (χ1) is 11.1. The molecule has 1 aromatic carbocycles. The molecule has 0 fully saturated rings. The Morgan fingerprint density at radius 3 is 2.61 bits per heavy atom. The van der Waals surface area contributed by atoms with Crippen LogP contribution in [0.25, 0.3) is 5.57 Å². The molecule has 0 aliphatic carbocycles. The van der Waals surface area contributed by atoms with Crippen molar-refractivity contribution >= 4 is 17.4 Å². The third-order valence-corrected chi connectivity index (χ3v) is 3.93. The number of carbonyl (C=O) groups is 2. The van der Waals surface area contributed by atoms with E-state index in [0.29, 0.717) is 13.1 Å². The van der Waals surface area contributed by atoms with E-state index in [-0.39, 0.29) is 11.8 Å². The monoisotopic (exact) mass is 315 g/mol. The van der Waals surface area contributed by atoms with Crippen LogP contribution in [0, 0.1) is 0 Å². The average Bonchev–Trinajstić information content (AvgIpc) is 2.56. The summed E-state index contributed by atoms with van der Waals surface area (Å²) >= 11 is 0. The van der Waals surface area contributed by atoms with Gasteiger partial charge < -0.3 is 10.6 Å². The SMILES string of the molecule is CCNC(=O)[C@@H](C)NC(=O)CN1CC=C(c2ccccc2)CC1. The lowest BCUT2D eigenvalue weighted by molar-refractivity contribution is -0.129. The predicted molar refractivity (Wildman–Crippen MR) is 91.8 cm³/mol. The fourth-order valence-corrected chi connectivity index (χ4v) is 2.65. The van der Waals surface area contributed by atoms with E-state index in [0.717, 1.165) is 19.5 Å². The van der Waals surface area contributed by atoms with Crippen LogP contribution in [-0.2, 0) is 9.59 Å². The molecule has 2 amide bonds. The summed E-state index contributed by atoms with van der Waals surface area (Å²) in [5.41, 5.74) is 2.58. The van der Waals surface area contributed by atoms with Crippen molar-refractivity contribution in [3.63, 3.8) is 0 Å². The van der Waals surface area contributed by atoms with Crippen LogP contribution in [0.1, 0.15) is 25.8 Å². The third-order valence-electron chi connectivity index (χ3n) is 3.93. The number of benzene rings is 1. The largest absolute Gasteiger partial charge is 0.355 e. The minimum Gasteiger partial charge on any atom is -0.355 e. The minimum absolute atomic E-state index is 0.111. The van der Waals surface area contributed by atoms with Crippen molar-refractivity contribution in [2.45, 2.75) is 26.3 Å². The second kappa shape index (κ2) is 8.48. The van der Waals surface area contributed by atoms with Gasteiger partial charge in [0.2, 0.25) is 11.8 Å². The van der Waals surface area contributed by atoms with Crippen LogP contribution in [0.15, 0.2) is 36.4 Å². The minimum atomic E-state index is -0.498. The zero-order valence-corrected chi connectivity index (χ0v) is 13.8. The molecule has 2 N–H and O–H groups in total. The summed E-state index contributed by atoms with van der Waals surface area (Å²) in [5, 5.41) is 5.44. The molecule has 1 aliphatic rings. The molecule has 5 heteroatoms. The molecule has 0 saturated heterocycles. The quantitative estimate of drug-likeness (QED) is 0.834. The predicted octanol–water partition coefficient (Wildman–Crippen LogP) is 1.42. The smallest absolute Gasteiger partial charge is 0.242 e. The summed E-state index contributed by atoms with van der Waals surface area (Å²) < 4.78 is 0. The number of likely N-dealkylation sites (N-methyl/N-ethyl adjacent to an activating group) is 1. The van der Waals surface area contributed by atoms with E-state index in [2.05, 4.69) is 33.7 Å². The fraction of sp³-hybridized carbons (Fsp3) is 0.444. The Balaban J connectivity index is 1.80. The first-order valence-electron chi connectivity index (χ1n) is 8.14. The van der Waals surface area contributed by atoms with Gasteiger partial charge in [-0.15, -0.1) is 0 Å². The lowest BCUT2D eigenvalue weighted by Crippen LogP contribution is -2.48. The number of hydrogen-bond acceptors (Lipinski definition) is 3. The van der Waals surface area contributed by atoms with Crippen LogP contribution in [0.4, 0.5) is 0 Å². The normalized spacial score (nSPS) is 16.3. The molecule has 2 rings (SSSR count). The van der Waals surface area contributed by atoms with Crippen molar-refractivity contribution in [2.24, 2.45) is 0 Å². The van der Waals surface area contributed by atoms with Gasteiger partial charge in [-0.3, -0.25) is 14.5 Å². The van der Waals surface area contributed by atoms with Crippen LogP contribution in [-0.4, -0.2) is 48.9 Å². The molecular formula is C18H25N3O2. The van der Waals surface area contributed by atoms with Crippen LogP contribution in [0.3, 0.4) is 0 Å². The molecule has 1 aromatic rings. The van der Waals surface area contributed by atoms with Crippen molar-refractivity contribution < 1.29 is 9.59 Å². The van der Waals surface area contributed by atoms with Gasteiger partial charge in [0.25, 0.3) is 0 Å². The Kier molecular flexibility index (Phi) is 6.35. The van der Waals surface area contributed by atoms with Gasteiger partial charge in [-0.2, -0.15) is 0 Å². The van der Waals surface area contributed by atoms with E-state index < -0.39 is 6.04 Å². The first kappa shape index (κ1) is 17.2. The average molecular weight is 315 g/mol. The molecule has 124 valence electrons. The molecule has 0 aromatic heterocycles. The van der Waals surface area contributed by atoms with Gasteiger partial charge in [-0.1, -0.05) is 36.4 Å². The van der Waals surface area contributed by atoms with E-state index in [4.69, 9.17) is 0 Å². The Bertz CT molecular complexity index is 569. The Hall–Kier alpha value is -2.14. The highest BCUT2D eigenvalue weighted by molar-refractivity contribution is 5.88. The highest BCUT2D eigenvalue weighted by Crippen LogP contribution is 2.21. The van der Waals surface area contributed by atoms with Gasteiger partial charge in [0.1, 0.15) is 6.04 Å². The van der Waals surface area contributed by atoms with Crippen LogP contribution in [0.5, 0.6) is 0 Å². The van der Waals surface area contributed by atoms with Crippen LogP contribution >= 0.6 is 0 Å². The van der Waals surface area contributed by atoms with Crippen molar-refractivity contribution in [3.05, 3.63) is 42.0 Å². The summed E-state index contributed by atoms with van der Waals surface area (Å²) in [7, 11) is 0. The van der Waals surface area contributed by atoms with Crippen LogP contribution < -0.4 is 10.6 Å². The standard InChI is InChI=1S/C18H25N3O2/c1-3-19-18(23)14(2)20-17(22)13-21-11-9-16(10-12-21)15-7-5-4-6-8-15/h4-9,14H,3,10-13H2,1-2H3,(H,19,23)(H,20,22)/t14-/m1/s1. The molecule has 0 unspecified atom stereocenters. The second-order valence-electron chi connectivity index (χ2n) is 5.76. The zero-order valence-electron chi connectivity index (χ0n) is 13.8. The Morgan fingerprint density at radius 2 is 2.00 bits per heavy atom. The maximum Gasteiger partial charge on any atom is 0.242 e. The van der Waals surface area contributed by atoms with E-state index in [9.17, 15) is 9.59 Å². The summed E-state index contributed by atoms with van der Waals surface area (Å²) in [6, 6.07) is 9.82. The van der Waals surface area contributed by atoms with Gasteiger partial charge in [0.15, 0.2) is 0 Å². The molecule has 1 atom stereocenters. The Morgan fingerprint density at radius 1 is 1.26 bits per heavy atom. The maximum absolute atomic E-state index is 12.0. The van der Waals surface area contributed by atoms with Gasteiger partial charge in [0.05, 0.1) is 6.54 Å². The number of nitrogens with zero attached hydrogens (tertiary/aromatic N) is 1. The lowest BCUT2D eigenvalue weighted by Gasteiger charge is -2.26. The highest BCUT2D eigenvalue weighted by Gasteiger charge is 2.18. The number of nitrogens with one attached hydrogen (secondary N) is 2. The van der Waals surface area contributed by atoms with Gasteiger partial charge in [-0.25, -0.2) is 0 Å². The van der Waals surface area contributed by atoms with E-state index in [1.54, 1.807) is 6.92 Å². The molecule has 1 heterocycles. The second-order valence-corrected chi connectivity index (χ2v) is 5.76. The maximum atomic E-state index is 12.0. The summed E-state index contributed by atoms with van der Waals surface area (Å²) in [5.74, 6) is -0.258. The topological polar surface area (TPSA) is 61.4 Å². The first-order valence-corrected chi connectivity index (χ1v) is 8.14. The van der Waals surface area contributed by atoms with Crippen molar-refractivity contribution in [2.75, 3.05) is 26.2 Å². The number of rotatable bonds is 6. The van der Waals surface area contributed by atoms with E-state index in [1.165, 1.54) is 11.1 Å². The van der Waals surface area contributed by atoms with E-state index >= 15 is 0 Å². The zero-order chi connectivity index (χ0) is 16.7. The van der Waals surface area contributed by atoms with Crippen LogP contribution in [0.2, 0.25) is 0 Å². The molecule has 0 bridgehead atoms. The van der Waals surface area contributed by atoms with Gasteiger partial charge in [-0.05, 0) is 31.4 Å². The number of carbonyl (C=O) groups excluding carboxylic acids is 2. The highest BCUT2D eigenvalue weighted by atomic mass is 16.2. The fourth-order valence-electron chi connectivity index (χ4n) is 2.65. The van der Waals surface area contributed by atoms with Gasteiger partial charge in [0, 0.05) is 19.6 Å². The Labute approximate surface area is 137 Å². The molecule has 1 aliphatic heterocycles. The van der Waals surface area contributed by atoms with Gasteiger partial charge >= 0.3 is 0 Å². The van der Waals surface area contributed by atoms with Crippen molar-refractivity contribution in [1.29, 1.82) is 0 Å². The molecule has 0 spiro atoms. The summed E-state index contributed by atoms with van der Waals surface area (Å²) in [4.78, 5) is 25.7. The third kappa shape index (κ3) is 5.21. The molecule has 5 nitrogen and oxygen atoms in total. The summed E-state index contributed by atoms with van der Waals surface area (Å²) in [6.45, 7) is 6.06. The lowest BCUT2D eigenvalue weighted by atomic mass is 10.00.